The zero-order valence-electron chi connectivity index (χ0n) is 17.7. The molecular formula is C23H34N2O4. The van der Waals surface area contributed by atoms with E-state index >= 15 is 0 Å². The van der Waals surface area contributed by atoms with Crippen LogP contribution < -0.4 is 9.47 Å². The van der Waals surface area contributed by atoms with Gasteiger partial charge in [-0.2, -0.15) is 0 Å². The van der Waals surface area contributed by atoms with Gasteiger partial charge in [0.1, 0.15) is 6.10 Å². The van der Waals surface area contributed by atoms with Gasteiger partial charge in [-0.15, -0.1) is 0 Å². The van der Waals surface area contributed by atoms with Gasteiger partial charge in [-0.3, -0.25) is 4.79 Å². The van der Waals surface area contributed by atoms with Crippen LogP contribution in [0.2, 0.25) is 0 Å². The summed E-state index contributed by atoms with van der Waals surface area (Å²) in [5.74, 6) is 1.96. The second-order valence-electron chi connectivity index (χ2n) is 8.56. The maximum atomic E-state index is 12.8. The van der Waals surface area contributed by atoms with Gasteiger partial charge >= 0.3 is 0 Å². The van der Waals surface area contributed by atoms with Crippen molar-refractivity contribution in [2.75, 3.05) is 40.1 Å². The third kappa shape index (κ3) is 5.23. The quantitative estimate of drug-likeness (QED) is 0.721. The molecule has 0 aliphatic carbocycles. The Hall–Kier alpha value is -1.79. The van der Waals surface area contributed by atoms with Crippen LogP contribution in [-0.2, 0) is 22.5 Å². The SMILES string of the molecule is CN1CCCCN(C(=O)C2CCCO2)CCCCCc2cc3c(cc2C1)OCO3. The summed E-state index contributed by atoms with van der Waals surface area (Å²) in [6, 6.07) is 4.34. The van der Waals surface area contributed by atoms with Gasteiger partial charge in [0.25, 0.3) is 5.91 Å². The van der Waals surface area contributed by atoms with E-state index in [-0.39, 0.29) is 12.0 Å². The fraction of sp³-hybridized carbons (Fsp3) is 0.696. The number of amides is 1. The molecule has 0 saturated carbocycles. The van der Waals surface area contributed by atoms with Crippen LogP contribution in [0, 0.1) is 0 Å². The number of fused-ring (bicyclic) bond motifs is 2. The predicted molar refractivity (Wildman–Crippen MR) is 111 cm³/mol. The predicted octanol–water partition coefficient (Wildman–Crippen LogP) is 3.36. The van der Waals surface area contributed by atoms with Gasteiger partial charge < -0.3 is 24.0 Å². The van der Waals surface area contributed by atoms with Gasteiger partial charge in [0.05, 0.1) is 0 Å². The summed E-state index contributed by atoms with van der Waals surface area (Å²) >= 11 is 0. The topological polar surface area (TPSA) is 51.2 Å². The first-order chi connectivity index (χ1) is 14.2. The molecule has 4 rings (SSSR count). The Kier molecular flexibility index (Phi) is 6.93. The van der Waals surface area contributed by atoms with Gasteiger partial charge in [0.2, 0.25) is 6.79 Å². The summed E-state index contributed by atoms with van der Waals surface area (Å²) < 4.78 is 16.8. The zero-order valence-corrected chi connectivity index (χ0v) is 17.7. The van der Waals surface area contributed by atoms with E-state index < -0.39 is 0 Å². The highest BCUT2D eigenvalue weighted by molar-refractivity contribution is 5.81. The van der Waals surface area contributed by atoms with Crippen molar-refractivity contribution in [1.29, 1.82) is 0 Å². The Balaban J connectivity index is 1.41. The highest BCUT2D eigenvalue weighted by Gasteiger charge is 2.28. The number of nitrogens with zero attached hydrogens (tertiary/aromatic N) is 2. The number of hydrogen-bond acceptors (Lipinski definition) is 5. The number of carbonyl (C=O) groups excluding carboxylic acids is 1. The monoisotopic (exact) mass is 402 g/mol. The van der Waals surface area contributed by atoms with Crippen molar-refractivity contribution < 1.29 is 19.0 Å². The summed E-state index contributed by atoms with van der Waals surface area (Å²) in [6.45, 7) is 4.69. The summed E-state index contributed by atoms with van der Waals surface area (Å²) in [5.41, 5.74) is 2.72. The molecule has 3 aliphatic heterocycles. The van der Waals surface area contributed by atoms with E-state index in [2.05, 4.69) is 29.0 Å². The molecule has 1 fully saturated rings. The van der Waals surface area contributed by atoms with E-state index in [9.17, 15) is 4.79 Å². The average molecular weight is 403 g/mol. The molecule has 1 aromatic rings. The summed E-state index contributed by atoms with van der Waals surface area (Å²) in [6.07, 6.45) is 8.16. The Bertz CT molecular complexity index is 702. The van der Waals surface area contributed by atoms with Gasteiger partial charge in [-0.1, -0.05) is 6.42 Å². The largest absolute Gasteiger partial charge is 0.454 e. The van der Waals surface area contributed by atoms with E-state index in [1.165, 1.54) is 11.1 Å². The highest BCUT2D eigenvalue weighted by Crippen LogP contribution is 2.36. The number of rotatable bonds is 1. The third-order valence-electron chi connectivity index (χ3n) is 6.24. The van der Waals surface area contributed by atoms with Gasteiger partial charge in [-0.25, -0.2) is 0 Å². The molecule has 3 heterocycles. The molecule has 160 valence electrons. The minimum Gasteiger partial charge on any atom is -0.454 e. The van der Waals surface area contributed by atoms with Crippen LogP contribution in [0.1, 0.15) is 56.1 Å². The lowest BCUT2D eigenvalue weighted by atomic mass is 9.99. The minimum absolute atomic E-state index is 0.201. The molecule has 3 aliphatic rings. The van der Waals surface area contributed by atoms with Crippen LogP contribution in [0.25, 0.3) is 0 Å². The molecule has 1 atom stereocenters. The van der Waals surface area contributed by atoms with Gasteiger partial charge in [0, 0.05) is 26.2 Å². The first-order valence-corrected chi connectivity index (χ1v) is 11.2. The lowest BCUT2D eigenvalue weighted by Gasteiger charge is -2.26. The molecule has 0 spiro atoms. The van der Waals surface area contributed by atoms with Crippen LogP contribution in [0.5, 0.6) is 11.5 Å². The second kappa shape index (κ2) is 9.81. The number of ether oxygens (including phenoxy) is 3. The van der Waals surface area contributed by atoms with Crippen LogP contribution in [0.4, 0.5) is 0 Å². The van der Waals surface area contributed by atoms with Gasteiger partial charge in [0.15, 0.2) is 11.5 Å². The number of benzene rings is 1. The van der Waals surface area contributed by atoms with Crippen LogP contribution in [0.3, 0.4) is 0 Å². The molecule has 0 aromatic heterocycles. The normalized spacial score (nSPS) is 24.2. The first kappa shape index (κ1) is 20.5. The van der Waals surface area contributed by atoms with E-state index in [0.29, 0.717) is 6.79 Å². The van der Waals surface area contributed by atoms with Crippen molar-refractivity contribution in [3.63, 3.8) is 0 Å². The van der Waals surface area contributed by atoms with E-state index in [1.807, 2.05) is 0 Å². The fourth-order valence-corrected chi connectivity index (χ4v) is 4.56. The molecule has 1 saturated heterocycles. The molecule has 6 nitrogen and oxygen atoms in total. The van der Waals surface area contributed by atoms with Crippen molar-refractivity contribution in [3.05, 3.63) is 23.3 Å². The number of carbonyl (C=O) groups is 1. The van der Waals surface area contributed by atoms with Crippen LogP contribution in [-0.4, -0.2) is 61.9 Å². The van der Waals surface area contributed by atoms with Gasteiger partial charge in [-0.05, 0) is 81.8 Å². The molecule has 1 aromatic carbocycles. The standard InChI is InChI=1S/C23H34N2O4/c1-24-10-5-6-12-25(23(26)20-9-7-13-27-20)11-4-2-3-8-18-14-21-22(29-17-28-21)15-19(18)16-24/h14-15,20H,2-13,16-17H2,1H3. The Morgan fingerprint density at radius 1 is 0.931 bits per heavy atom. The Morgan fingerprint density at radius 2 is 1.66 bits per heavy atom. The molecule has 0 radical (unpaired) electrons. The Labute approximate surface area is 174 Å². The summed E-state index contributed by atoms with van der Waals surface area (Å²) in [7, 11) is 2.18. The Morgan fingerprint density at radius 3 is 2.41 bits per heavy atom. The van der Waals surface area contributed by atoms with Crippen molar-refractivity contribution in [2.45, 2.75) is 64.0 Å². The highest BCUT2D eigenvalue weighted by atomic mass is 16.7. The minimum atomic E-state index is -0.201. The zero-order chi connectivity index (χ0) is 20.1. The van der Waals surface area contributed by atoms with Crippen molar-refractivity contribution in [3.8, 4) is 11.5 Å². The first-order valence-electron chi connectivity index (χ1n) is 11.2. The molecule has 1 unspecified atom stereocenters. The molecule has 0 N–H and O–H groups in total. The van der Waals surface area contributed by atoms with E-state index in [1.54, 1.807) is 0 Å². The summed E-state index contributed by atoms with van der Waals surface area (Å²) in [4.78, 5) is 17.3. The summed E-state index contributed by atoms with van der Waals surface area (Å²) in [5, 5.41) is 0. The maximum Gasteiger partial charge on any atom is 0.251 e. The molecule has 29 heavy (non-hydrogen) atoms. The third-order valence-corrected chi connectivity index (χ3v) is 6.24. The van der Waals surface area contributed by atoms with Crippen molar-refractivity contribution in [1.82, 2.24) is 9.80 Å². The molecular weight excluding hydrogens is 368 g/mol. The molecule has 1 amide bonds. The fourth-order valence-electron chi connectivity index (χ4n) is 4.56. The lowest BCUT2D eigenvalue weighted by molar-refractivity contribution is -0.141. The lowest BCUT2D eigenvalue weighted by Crippen LogP contribution is -2.40. The molecule has 0 bridgehead atoms. The van der Waals surface area contributed by atoms with Crippen LogP contribution in [0.15, 0.2) is 12.1 Å². The van der Waals surface area contributed by atoms with Crippen molar-refractivity contribution in [2.24, 2.45) is 0 Å². The smallest absolute Gasteiger partial charge is 0.251 e. The van der Waals surface area contributed by atoms with E-state index in [4.69, 9.17) is 14.2 Å². The molecule has 6 heteroatoms. The maximum absolute atomic E-state index is 12.8. The van der Waals surface area contributed by atoms with E-state index in [0.717, 1.165) is 95.7 Å². The number of hydrogen-bond donors (Lipinski definition) is 0. The van der Waals surface area contributed by atoms with Crippen molar-refractivity contribution >= 4 is 5.91 Å². The number of aryl methyl sites for hydroxylation is 1. The van der Waals surface area contributed by atoms with Crippen LogP contribution >= 0.6 is 0 Å². The second-order valence-corrected chi connectivity index (χ2v) is 8.56. The average Bonchev–Trinajstić information content (AvgIpc) is 3.40.